The van der Waals surface area contributed by atoms with E-state index in [9.17, 15) is 9.59 Å². The largest absolute Gasteiger partial charge is 0.478 e. The van der Waals surface area contributed by atoms with Crippen LogP contribution >= 0.6 is 0 Å². The number of carbonyl (C=O) groups is 2. The standard InChI is InChI=1S/C17H21N3O3/c1-4-5-12-6-8-13(9-7-12)11(2)18-16(21)15-14(17(22)23)10-20(3)19-15/h6-11H,4-5H2,1-3H3,(H,18,21)(H,22,23). The van der Waals surface area contributed by atoms with Crippen LogP contribution in [0.2, 0.25) is 0 Å². The molecular formula is C17H21N3O3. The molecule has 0 aliphatic rings. The number of benzene rings is 1. The van der Waals surface area contributed by atoms with E-state index in [1.807, 2.05) is 31.2 Å². The van der Waals surface area contributed by atoms with Crippen molar-refractivity contribution >= 4 is 11.9 Å². The Morgan fingerprint density at radius 3 is 2.52 bits per heavy atom. The third kappa shape index (κ3) is 3.97. The van der Waals surface area contributed by atoms with E-state index in [4.69, 9.17) is 5.11 Å². The molecule has 1 atom stereocenters. The molecule has 1 aromatic heterocycles. The summed E-state index contributed by atoms with van der Waals surface area (Å²) in [4.78, 5) is 23.4. The molecule has 1 unspecified atom stereocenters. The molecule has 2 rings (SSSR count). The molecule has 122 valence electrons. The van der Waals surface area contributed by atoms with Gasteiger partial charge in [0.15, 0.2) is 5.69 Å². The molecule has 2 aromatic rings. The highest BCUT2D eigenvalue weighted by atomic mass is 16.4. The Kier molecular flexibility index (Phi) is 5.16. The zero-order valence-corrected chi connectivity index (χ0v) is 13.5. The number of nitrogens with zero attached hydrogens (tertiary/aromatic N) is 2. The lowest BCUT2D eigenvalue weighted by molar-refractivity contribution is 0.0690. The lowest BCUT2D eigenvalue weighted by atomic mass is 10.0. The van der Waals surface area contributed by atoms with E-state index in [1.165, 1.54) is 16.4 Å². The van der Waals surface area contributed by atoms with Crippen LogP contribution in [0.15, 0.2) is 30.5 Å². The second-order valence-electron chi connectivity index (χ2n) is 5.56. The second kappa shape index (κ2) is 7.09. The van der Waals surface area contributed by atoms with Gasteiger partial charge in [-0.3, -0.25) is 9.48 Å². The number of carboxylic acid groups (broad SMARTS) is 1. The SMILES string of the molecule is CCCc1ccc(C(C)NC(=O)c2nn(C)cc2C(=O)O)cc1. The topological polar surface area (TPSA) is 84.2 Å². The summed E-state index contributed by atoms with van der Waals surface area (Å²) in [5.74, 6) is -1.66. The maximum absolute atomic E-state index is 12.3. The van der Waals surface area contributed by atoms with E-state index in [1.54, 1.807) is 7.05 Å². The molecule has 0 saturated heterocycles. The van der Waals surface area contributed by atoms with E-state index in [0.29, 0.717) is 0 Å². The minimum absolute atomic E-state index is 0.0746. The van der Waals surface area contributed by atoms with Gasteiger partial charge >= 0.3 is 5.97 Å². The van der Waals surface area contributed by atoms with Crippen molar-refractivity contribution in [2.45, 2.75) is 32.7 Å². The number of carboxylic acids is 1. The van der Waals surface area contributed by atoms with Crippen molar-refractivity contribution < 1.29 is 14.7 Å². The fraction of sp³-hybridized carbons (Fsp3) is 0.353. The van der Waals surface area contributed by atoms with Crippen LogP contribution in [0.25, 0.3) is 0 Å². The Balaban J connectivity index is 2.12. The van der Waals surface area contributed by atoms with Gasteiger partial charge in [0.05, 0.1) is 6.04 Å². The normalized spacial score (nSPS) is 12.0. The molecular weight excluding hydrogens is 294 g/mol. The van der Waals surface area contributed by atoms with Gasteiger partial charge in [-0.15, -0.1) is 0 Å². The van der Waals surface area contributed by atoms with Gasteiger partial charge < -0.3 is 10.4 Å². The summed E-state index contributed by atoms with van der Waals surface area (Å²) in [5, 5.41) is 15.9. The van der Waals surface area contributed by atoms with Crippen molar-refractivity contribution in [1.82, 2.24) is 15.1 Å². The van der Waals surface area contributed by atoms with Crippen molar-refractivity contribution in [1.29, 1.82) is 0 Å². The molecule has 0 saturated carbocycles. The number of aromatic carboxylic acids is 1. The number of carbonyl (C=O) groups excluding carboxylic acids is 1. The van der Waals surface area contributed by atoms with Gasteiger partial charge in [0.2, 0.25) is 0 Å². The highest BCUT2D eigenvalue weighted by molar-refractivity contribution is 6.03. The van der Waals surface area contributed by atoms with Crippen LogP contribution in [-0.2, 0) is 13.5 Å². The van der Waals surface area contributed by atoms with Gasteiger partial charge in [-0.2, -0.15) is 5.10 Å². The maximum atomic E-state index is 12.3. The van der Waals surface area contributed by atoms with Crippen molar-refractivity contribution in [3.8, 4) is 0 Å². The van der Waals surface area contributed by atoms with Crippen LogP contribution < -0.4 is 5.32 Å². The first-order chi connectivity index (χ1) is 10.9. The van der Waals surface area contributed by atoms with Crippen molar-refractivity contribution in [2.75, 3.05) is 0 Å². The molecule has 6 heteroatoms. The predicted octanol–water partition coefficient (Wildman–Crippen LogP) is 2.56. The van der Waals surface area contributed by atoms with Crippen LogP contribution in [0.3, 0.4) is 0 Å². The van der Waals surface area contributed by atoms with E-state index in [2.05, 4.69) is 17.3 Å². The fourth-order valence-corrected chi connectivity index (χ4v) is 2.42. The molecule has 1 heterocycles. The zero-order valence-electron chi connectivity index (χ0n) is 13.5. The fourth-order valence-electron chi connectivity index (χ4n) is 2.42. The van der Waals surface area contributed by atoms with Crippen LogP contribution in [0.5, 0.6) is 0 Å². The molecule has 0 aliphatic carbocycles. The van der Waals surface area contributed by atoms with Crippen LogP contribution in [0.4, 0.5) is 0 Å². The minimum Gasteiger partial charge on any atom is -0.478 e. The van der Waals surface area contributed by atoms with E-state index in [0.717, 1.165) is 18.4 Å². The van der Waals surface area contributed by atoms with E-state index in [-0.39, 0.29) is 17.3 Å². The molecule has 2 N–H and O–H groups in total. The molecule has 23 heavy (non-hydrogen) atoms. The molecule has 1 amide bonds. The van der Waals surface area contributed by atoms with Crippen molar-refractivity contribution in [3.63, 3.8) is 0 Å². The number of aryl methyl sites for hydroxylation is 2. The lowest BCUT2D eigenvalue weighted by Crippen LogP contribution is -2.28. The Morgan fingerprint density at radius 1 is 1.30 bits per heavy atom. The van der Waals surface area contributed by atoms with Gasteiger partial charge in [-0.1, -0.05) is 37.6 Å². The Morgan fingerprint density at radius 2 is 1.96 bits per heavy atom. The first kappa shape index (κ1) is 16.7. The third-order valence-electron chi connectivity index (χ3n) is 3.64. The van der Waals surface area contributed by atoms with Crippen LogP contribution in [0.1, 0.15) is 58.3 Å². The second-order valence-corrected chi connectivity index (χ2v) is 5.56. The molecule has 0 aliphatic heterocycles. The van der Waals surface area contributed by atoms with Gasteiger partial charge in [-0.25, -0.2) is 4.79 Å². The summed E-state index contributed by atoms with van der Waals surface area (Å²) in [6.07, 6.45) is 3.43. The minimum atomic E-state index is -1.17. The average Bonchev–Trinajstić information content (AvgIpc) is 2.90. The van der Waals surface area contributed by atoms with Gasteiger partial charge in [0.25, 0.3) is 5.91 Å². The number of hydrogen-bond donors (Lipinski definition) is 2. The summed E-state index contributed by atoms with van der Waals surface area (Å²) >= 11 is 0. The Bertz CT molecular complexity index is 704. The smallest absolute Gasteiger partial charge is 0.339 e. The highest BCUT2D eigenvalue weighted by Gasteiger charge is 2.22. The van der Waals surface area contributed by atoms with E-state index < -0.39 is 11.9 Å². The molecule has 0 radical (unpaired) electrons. The summed E-state index contributed by atoms with van der Waals surface area (Å²) in [7, 11) is 1.58. The monoisotopic (exact) mass is 315 g/mol. The summed E-state index contributed by atoms with van der Waals surface area (Å²) in [5.41, 5.74) is 2.05. The predicted molar refractivity (Wildman–Crippen MR) is 86.5 cm³/mol. The summed E-state index contributed by atoms with van der Waals surface area (Å²) < 4.78 is 1.32. The Hall–Kier alpha value is -2.63. The highest BCUT2D eigenvalue weighted by Crippen LogP contribution is 2.16. The maximum Gasteiger partial charge on any atom is 0.339 e. The number of rotatable bonds is 6. The van der Waals surface area contributed by atoms with Crippen molar-refractivity contribution in [3.05, 3.63) is 52.8 Å². The first-order valence-corrected chi connectivity index (χ1v) is 7.59. The Labute approximate surface area is 135 Å². The number of aromatic nitrogens is 2. The molecule has 0 fully saturated rings. The van der Waals surface area contributed by atoms with Gasteiger partial charge in [0, 0.05) is 13.2 Å². The average molecular weight is 315 g/mol. The van der Waals surface area contributed by atoms with Gasteiger partial charge in [0.1, 0.15) is 5.56 Å². The van der Waals surface area contributed by atoms with Crippen LogP contribution in [-0.4, -0.2) is 26.8 Å². The molecule has 0 spiro atoms. The van der Waals surface area contributed by atoms with Crippen LogP contribution in [0, 0.1) is 0 Å². The number of hydrogen-bond acceptors (Lipinski definition) is 3. The first-order valence-electron chi connectivity index (χ1n) is 7.59. The van der Waals surface area contributed by atoms with E-state index >= 15 is 0 Å². The van der Waals surface area contributed by atoms with Gasteiger partial charge in [-0.05, 0) is 24.5 Å². The summed E-state index contributed by atoms with van der Waals surface area (Å²) in [6, 6.07) is 7.82. The third-order valence-corrected chi connectivity index (χ3v) is 3.64. The quantitative estimate of drug-likeness (QED) is 0.858. The number of amides is 1. The summed E-state index contributed by atoms with van der Waals surface area (Å²) in [6.45, 7) is 3.99. The zero-order chi connectivity index (χ0) is 17.0. The van der Waals surface area contributed by atoms with Crippen molar-refractivity contribution in [2.24, 2.45) is 7.05 Å². The lowest BCUT2D eigenvalue weighted by Gasteiger charge is -2.14. The number of nitrogens with one attached hydrogen (secondary N) is 1. The molecule has 6 nitrogen and oxygen atoms in total. The molecule has 0 bridgehead atoms. The molecule has 1 aromatic carbocycles.